The Kier molecular flexibility index (Phi) is 7.67. The normalized spacial score (nSPS) is 12.0. The van der Waals surface area contributed by atoms with Gasteiger partial charge in [0.2, 0.25) is 0 Å². The molecular formula is C22H29NO3. The van der Waals surface area contributed by atoms with Crippen molar-refractivity contribution in [2.45, 2.75) is 33.8 Å². The molecule has 4 nitrogen and oxygen atoms in total. The maximum Gasteiger partial charge on any atom is 0.342 e. The molecule has 0 aromatic heterocycles. The first-order chi connectivity index (χ1) is 12.6. The van der Waals surface area contributed by atoms with E-state index in [0.717, 1.165) is 18.7 Å². The van der Waals surface area contributed by atoms with Crippen LogP contribution in [0.3, 0.4) is 0 Å². The van der Waals surface area contributed by atoms with Gasteiger partial charge in [-0.1, -0.05) is 55.8 Å². The Morgan fingerprint density at radius 3 is 2.27 bits per heavy atom. The molecule has 0 aliphatic rings. The number of aryl methyl sites for hydroxylation is 1. The van der Waals surface area contributed by atoms with Crippen LogP contribution in [0.15, 0.2) is 48.5 Å². The van der Waals surface area contributed by atoms with Crippen LogP contribution in [0, 0.1) is 6.92 Å². The topological polar surface area (TPSA) is 38.8 Å². The van der Waals surface area contributed by atoms with Gasteiger partial charge in [-0.25, -0.2) is 4.79 Å². The molecule has 0 heterocycles. The monoisotopic (exact) mass is 355 g/mol. The molecule has 0 amide bonds. The molecule has 0 spiro atoms. The van der Waals surface area contributed by atoms with E-state index in [1.165, 1.54) is 5.56 Å². The summed E-state index contributed by atoms with van der Waals surface area (Å²) in [4.78, 5) is 15.1. The molecule has 2 aromatic rings. The zero-order chi connectivity index (χ0) is 18.9. The second-order valence-corrected chi connectivity index (χ2v) is 6.22. The van der Waals surface area contributed by atoms with Crippen LogP contribution in [0.1, 0.15) is 48.4 Å². The van der Waals surface area contributed by atoms with Crippen molar-refractivity contribution >= 4 is 5.97 Å². The number of rotatable bonds is 9. The van der Waals surface area contributed by atoms with Gasteiger partial charge in [0.05, 0.1) is 6.61 Å². The van der Waals surface area contributed by atoms with E-state index < -0.39 is 0 Å². The fourth-order valence-electron chi connectivity index (χ4n) is 2.82. The van der Waals surface area contributed by atoms with Crippen molar-refractivity contribution in [2.24, 2.45) is 0 Å². The SMILES string of the molecule is CCOc1ccccc1C(=O)OC(CN(CC)CC)c1ccc(C)cc1. The molecule has 2 rings (SSSR count). The molecule has 0 aliphatic heterocycles. The Morgan fingerprint density at radius 2 is 1.65 bits per heavy atom. The van der Waals surface area contributed by atoms with Crippen LogP contribution in [0.2, 0.25) is 0 Å². The van der Waals surface area contributed by atoms with Crippen LogP contribution < -0.4 is 4.74 Å². The van der Waals surface area contributed by atoms with Gasteiger partial charge < -0.3 is 9.47 Å². The number of hydrogen-bond donors (Lipinski definition) is 0. The summed E-state index contributed by atoms with van der Waals surface area (Å²) >= 11 is 0. The van der Waals surface area contributed by atoms with E-state index in [0.29, 0.717) is 24.5 Å². The predicted molar refractivity (Wildman–Crippen MR) is 105 cm³/mol. The van der Waals surface area contributed by atoms with Crippen molar-refractivity contribution in [3.63, 3.8) is 0 Å². The van der Waals surface area contributed by atoms with Crippen LogP contribution in [-0.4, -0.2) is 37.1 Å². The van der Waals surface area contributed by atoms with Gasteiger partial charge in [0, 0.05) is 6.54 Å². The third-order valence-corrected chi connectivity index (χ3v) is 4.42. The van der Waals surface area contributed by atoms with Crippen molar-refractivity contribution in [1.29, 1.82) is 0 Å². The number of nitrogens with zero attached hydrogens (tertiary/aromatic N) is 1. The average Bonchev–Trinajstić information content (AvgIpc) is 2.66. The maximum atomic E-state index is 12.8. The van der Waals surface area contributed by atoms with Gasteiger partial charge in [0.1, 0.15) is 17.4 Å². The molecule has 0 radical (unpaired) electrons. The number of para-hydroxylation sites is 1. The van der Waals surface area contributed by atoms with Gasteiger partial charge in [-0.05, 0) is 44.6 Å². The first kappa shape index (κ1) is 20.0. The number of carbonyl (C=O) groups excluding carboxylic acids is 1. The largest absolute Gasteiger partial charge is 0.493 e. The minimum absolute atomic E-state index is 0.322. The van der Waals surface area contributed by atoms with Crippen LogP contribution in [-0.2, 0) is 4.74 Å². The lowest BCUT2D eigenvalue weighted by molar-refractivity contribution is 0.0201. The van der Waals surface area contributed by atoms with Gasteiger partial charge in [0.25, 0.3) is 0 Å². The highest BCUT2D eigenvalue weighted by Crippen LogP contribution is 2.25. The summed E-state index contributed by atoms with van der Waals surface area (Å²) in [6.07, 6.45) is -0.322. The van der Waals surface area contributed by atoms with E-state index in [1.54, 1.807) is 12.1 Å². The summed E-state index contributed by atoms with van der Waals surface area (Å²) in [6, 6.07) is 15.4. The Bertz CT molecular complexity index is 693. The minimum Gasteiger partial charge on any atom is -0.493 e. The molecular weight excluding hydrogens is 326 g/mol. The molecule has 0 saturated heterocycles. The van der Waals surface area contributed by atoms with E-state index in [1.807, 2.05) is 50.2 Å². The third-order valence-electron chi connectivity index (χ3n) is 4.42. The highest BCUT2D eigenvalue weighted by molar-refractivity contribution is 5.92. The zero-order valence-electron chi connectivity index (χ0n) is 16.2. The van der Waals surface area contributed by atoms with E-state index >= 15 is 0 Å². The second kappa shape index (κ2) is 9.97. The molecule has 0 N–H and O–H groups in total. The van der Waals surface area contributed by atoms with Gasteiger partial charge in [-0.15, -0.1) is 0 Å². The Morgan fingerprint density at radius 1 is 1.00 bits per heavy atom. The van der Waals surface area contributed by atoms with Crippen LogP contribution in [0.25, 0.3) is 0 Å². The summed E-state index contributed by atoms with van der Waals surface area (Å²) in [5.74, 6) is 0.206. The zero-order valence-corrected chi connectivity index (χ0v) is 16.2. The molecule has 140 valence electrons. The first-order valence-electron chi connectivity index (χ1n) is 9.30. The lowest BCUT2D eigenvalue weighted by atomic mass is 10.1. The van der Waals surface area contributed by atoms with Crippen molar-refractivity contribution in [3.05, 3.63) is 65.2 Å². The van der Waals surface area contributed by atoms with Crippen molar-refractivity contribution < 1.29 is 14.3 Å². The summed E-state index contributed by atoms with van der Waals surface area (Å²) in [5, 5.41) is 0. The second-order valence-electron chi connectivity index (χ2n) is 6.22. The van der Waals surface area contributed by atoms with E-state index in [-0.39, 0.29) is 12.1 Å². The number of hydrogen-bond acceptors (Lipinski definition) is 4. The lowest BCUT2D eigenvalue weighted by Gasteiger charge is -2.26. The minimum atomic E-state index is -0.355. The van der Waals surface area contributed by atoms with Crippen LogP contribution in [0.5, 0.6) is 5.75 Å². The van der Waals surface area contributed by atoms with Gasteiger partial charge in [-0.3, -0.25) is 4.90 Å². The Hall–Kier alpha value is -2.33. The lowest BCUT2D eigenvalue weighted by Crippen LogP contribution is -2.30. The first-order valence-corrected chi connectivity index (χ1v) is 9.30. The van der Waals surface area contributed by atoms with Crippen LogP contribution >= 0.6 is 0 Å². The molecule has 2 aromatic carbocycles. The summed E-state index contributed by atoms with van der Waals surface area (Å²) in [6.45, 7) is 11.2. The predicted octanol–water partition coefficient (Wildman–Crippen LogP) is 4.63. The highest BCUT2D eigenvalue weighted by Gasteiger charge is 2.22. The number of likely N-dealkylation sites (N-methyl/N-ethyl adjacent to an activating group) is 1. The third kappa shape index (κ3) is 5.33. The Labute approximate surface area is 156 Å². The number of carbonyl (C=O) groups is 1. The molecule has 0 saturated carbocycles. The van der Waals surface area contributed by atoms with Crippen molar-refractivity contribution in [1.82, 2.24) is 4.90 Å². The number of benzene rings is 2. The smallest absolute Gasteiger partial charge is 0.342 e. The van der Waals surface area contributed by atoms with Crippen molar-refractivity contribution in [3.8, 4) is 5.75 Å². The summed E-state index contributed by atoms with van der Waals surface area (Å²) in [5.41, 5.74) is 2.65. The van der Waals surface area contributed by atoms with E-state index in [2.05, 4.69) is 18.7 Å². The average molecular weight is 355 g/mol. The molecule has 0 bridgehead atoms. The van der Waals surface area contributed by atoms with Crippen molar-refractivity contribution in [2.75, 3.05) is 26.2 Å². The summed E-state index contributed by atoms with van der Waals surface area (Å²) < 4.78 is 11.5. The summed E-state index contributed by atoms with van der Waals surface area (Å²) in [7, 11) is 0. The maximum absolute atomic E-state index is 12.8. The highest BCUT2D eigenvalue weighted by atomic mass is 16.5. The molecule has 0 fully saturated rings. The molecule has 1 unspecified atom stereocenters. The van der Waals surface area contributed by atoms with Crippen LogP contribution in [0.4, 0.5) is 0 Å². The fourth-order valence-corrected chi connectivity index (χ4v) is 2.82. The quantitative estimate of drug-likeness (QED) is 0.615. The fraction of sp³-hybridized carbons (Fsp3) is 0.409. The van der Waals surface area contributed by atoms with E-state index in [9.17, 15) is 4.79 Å². The standard InChI is InChI=1S/C22H29NO3/c1-5-23(6-2)16-21(18-14-12-17(4)13-15-18)26-22(24)19-10-8-9-11-20(19)25-7-3/h8-15,21H,5-7,16H2,1-4H3. The number of ether oxygens (including phenoxy) is 2. The Balaban J connectivity index is 2.25. The molecule has 26 heavy (non-hydrogen) atoms. The molecule has 1 atom stereocenters. The number of esters is 1. The molecule has 0 aliphatic carbocycles. The van der Waals surface area contributed by atoms with E-state index in [4.69, 9.17) is 9.47 Å². The molecule has 4 heteroatoms. The van der Waals surface area contributed by atoms with Gasteiger partial charge in [0.15, 0.2) is 0 Å². The van der Waals surface area contributed by atoms with Gasteiger partial charge in [-0.2, -0.15) is 0 Å². The van der Waals surface area contributed by atoms with Gasteiger partial charge >= 0.3 is 5.97 Å².